The predicted octanol–water partition coefficient (Wildman–Crippen LogP) is 1.38. The Balaban J connectivity index is 2.32. The first-order valence-corrected chi connectivity index (χ1v) is 6.22. The summed E-state index contributed by atoms with van der Waals surface area (Å²) in [6.07, 6.45) is 0.780. The van der Waals surface area contributed by atoms with Crippen molar-refractivity contribution in [1.82, 2.24) is 0 Å². The minimum Gasteiger partial charge on any atom is -0.385 e. The highest BCUT2D eigenvalue weighted by Gasteiger charge is 2.27. The summed E-state index contributed by atoms with van der Waals surface area (Å²) in [7, 11) is 3.53. The van der Waals surface area contributed by atoms with Crippen LogP contribution < -0.4 is 9.80 Å². The van der Waals surface area contributed by atoms with E-state index in [1.807, 2.05) is 18.0 Å². The Morgan fingerprint density at radius 3 is 2.89 bits per heavy atom. The third-order valence-corrected chi connectivity index (χ3v) is 3.21. The van der Waals surface area contributed by atoms with Crippen molar-refractivity contribution in [3.05, 3.63) is 23.8 Å². The van der Waals surface area contributed by atoms with Crippen LogP contribution in [0.25, 0.3) is 0 Å². The van der Waals surface area contributed by atoms with Crippen molar-refractivity contribution in [1.29, 1.82) is 5.26 Å². The third kappa shape index (κ3) is 2.69. The molecule has 0 atom stereocenters. The lowest BCUT2D eigenvalue weighted by Gasteiger charge is -2.35. The molecule has 1 aliphatic heterocycles. The van der Waals surface area contributed by atoms with Crippen molar-refractivity contribution in [2.75, 3.05) is 43.7 Å². The summed E-state index contributed by atoms with van der Waals surface area (Å²) in [5.41, 5.74) is 2.36. The van der Waals surface area contributed by atoms with Crippen LogP contribution in [-0.4, -0.2) is 39.8 Å². The topological polar surface area (TPSA) is 56.6 Å². The number of ether oxygens (including phenoxy) is 1. The zero-order chi connectivity index (χ0) is 13.8. The lowest BCUT2D eigenvalue weighted by molar-refractivity contribution is -0.117. The molecule has 1 aromatic carbocycles. The van der Waals surface area contributed by atoms with Gasteiger partial charge in [-0.15, -0.1) is 0 Å². The molecule has 0 saturated carbocycles. The second-order valence-electron chi connectivity index (χ2n) is 4.56. The quantitative estimate of drug-likeness (QED) is 0.766. The van der Waals surface area contributed by atoms with E-state index in [1.165, 1.54) is 0 Å². The molecule has 0 fully saturated rings. The number of rotatable bonds is 4. The highest BCUT2D eigenvalue weighted by Crippen LogP contribution is 2.33. The second-order valence-corrected chi connectivity index (χ2v) is 4.56. The van der Waals surface area contributed by atoms with Gasteiger partial charge in [0.15, 0.2) is 0 Å². The maximum absolute atomic E-state index is 12.1. The van der Waals surface area contributed by atoms with Crippen LogP contribution in [0.4, 0.5) is 11.4 Å². The minimum atomic E-state index is 0.0567. The van der Waals surface area contributed by atoms with Gasteiger partial charge >= 0.3 is 0 Å². The molecule has 1 amide bonds. The van der Waals surface area contributed by atoms with Crippen LogP contribution in [0, 0.1) is 11.3 Å². The number of nitrogens with zero attached hydrogens (tertiary/aromatic N) is 3. The van der Waals surface area contributed by atoms with Gasteiger partial charge in [-0.2, -0.15) is 5.26 Å². The average Bonchev–Trinajstić information content (AvgIpc) is 2.42. The van der Waals surface area contributed by atoms with E-state index in [1.54, 1.807) is 24.1 Å². The predicted molar refractivity (Wildman–Crippen MR) is 73.3 cm³/mol. The van der Waals surface area contributed by atoms with Crippen LogP contribution in [0.3, 0.4) is 0 Å². The first-order chi connectivity index (χ1) is 9.17. The number of anilines is 2. The molecule has 19 heavy (non-hydrogen) atoms. The largest absolute Gasteiger partial charge is 0.385 e. The van der Waals surface area contributed by atoms with Gasteiger partial charge in [0, 0.05) is 27.3 Å². The number of methoxy groups -OCH3 is 1. The summed E-state index contributed by atoms with van der Waals surface area (Å²) in [5.74, 6) is 0.0567. The summed E-state index contributed by atoms with van der Waals surface area (Å²) in [4.78, 5) is 15.8. The number of hydrogen-bond donors (Lipinski definition) is 0. The molecule has 0 saturated heterocycles. The first-order valence-electron chi connectivity index (χ1n) is 6.22. The summed E-state index contributed by atoms with van der Waals surface area (Å²) in [6.45, 7) is 1.60. The molecule has 5 heteroatoms. The standard InChI is InChI=1S/C14H17N3O2/c1-16-10-14(18)17(6-3-7-19-2)13-8-11(9-15)4-5-12(13)16/h4-5,8H,3,6-7,10H2,1-2H3. The highest BCUT2D eigenvalue weighted by molar-refractivity contribution is 6.03. The van der Waals surface area contributed by atoms with Crippen molar-refractivity contribution in [2.45, 2.75) is 6.42 Å². The van der Waals surface area contributed by atoms with Crippen molar-refractivity contribution in [3.63, 3.8) is 0 Å². The third-order valence-electron chi connectivity index (χ3n) is 3.21. The Hall–Kier alpha value is -2.06. The lowest BCUT2D eigenvalue weighted by Crippen LogP contribution is -2.45. The van der Waals surface area contributed by atoms with E-state index in [0.29, 0.717) is 25.3 Å². The Morgan fingerprint density at radius 2 is 2.21 bits per heavy atom. The van der Waals surface area contributed by atoms with E-state index in [-0.39, 0.29) is 5.91 Å². The van der Waals surface area contributed by atoms with Gasteiger partial charge in [0.2, 0.25) is 5.91 Å². The van der Waals surface area contributed by atoms with Crippen LogP contribution in [0.1, 0.15) is 12.0 Å². The maximum Gasteiger partial charge on any atom is 0.246 e. The van der Waals surface area contributed by atoms with Gasteiger partial charge in [0.1, 0.15) is 0 Å². The number of fused-ring (bicyclic) bond motifs is 1. The van der Waals surface area contributed by atoms with Gasteiger partial charge < -0.3 is 14.5 Å². The molecule has 0 unspecified atom stereocenters. The number of nitriles is 1. The van der Waals surface area contributed by atoms with E-state index < -0.39 is 0 Å². The number of carbonyl (C=O) groups is 1. The average molecular weight is 259 g/mol. The monoisotopic (exact) mass is 259 g/mol. The van der Waals surface area contributed by atoms with Crippen LogP contribution in [0.5, 0.6) is 0 Å². The normalized spacial score (nSPS) is 14.3. The molecule has 0 N–H and O–H groups in total. The maximum atomic E-state index is 12.1. The Kier molecular flexibility index (Phi) is 4.03. The zero-order valence-corrected chi connectivity index (χ0v) is 11.2. The molecule has 0 spiro atoms. The lowest BCUT2D eigenvalue weighted by atomic mass is 10.1. The summed E-state index contributed by atoms with van der Waals surface area (Å²) in [6, 6.07) is 7.56. The number of carbonyl (C=O) groups excluding carboxylic acids is 1. The molecule has 1 aliphatic rings. The molecule has 0 aromatic heterocycles. The van der Waals surface area contributed by atoms with Crippen LogP contribution in [-0.2, 0) is 9.53 Å². The van der Waals surface area contributed by atoms with E-state index >= 15 is 0 Å². The fourth-order valence-electron chi connectivity index (χ4n) is 2.25. The number of hydrogen-bond acceptors (Lipinski definition) is 4. The van der Waals surface area contributed by atoms with Gasteiger partial charge in [0.25, 0.3) is 0 Å². The molecule has 1 heterocycles. The van der Waals surface area contributed by atoms with Crippen LogP contribution in [0.2, 0.25) is 0 Å². The van der Waals surface area contributed by atoms with Crippen molar-refractivity contribution in [3.8, 4) is 6.07 Å². The van der Waals surface area contributed by atoms with Gasteiger partial charge in [-0.3, -0.25) is 4.79 Å². The molecule has 1 aromatic rings. The molecule has 5 nitrogen and oxygen atoms in total. The molecule has 0 aliphatic carbocycles. The van der Waals surface area contributed by atoms with E-state index in [9.17, 15) is 4.79 Å². The van der Waals surface area contributed by atoms with Gasteiger partial charge in [-0.1, -0.05) is 0 Å². The fraction of sp³-hybridized carbons (Fsp3) is 0.429. The molecule has 0 radical (unpaired) electrons. The van der Waals surface area contributed by atoms with Crippen molar-refractivity contribution >= 4 is 17.3 Å². The fourth-order valence-corrected chi connectivity index (χ4v) is 2.25. The van der Waals surface area contributed by atoms with E-state index in [0.717, 1.165) is 17.8 Å². The highest BCUT2D eigenvalue weighted by atomic mass is 16.5. The number of amides is 1. The Labute approximate surface area is 113 Å². The summed E-state index contributed by atoms with van der Waals surface area (Å²) < 4.78 is 5.02. The molecular weight excluding hydrogens is 242 g/mol. The molecule has 0 bridgehead atoms. The summed E-state index contributed by atoms with van der Waals surface area (Å²) >= 11 is 0. The number of benzene rings is 1. The van der Waals surface area contributed by atoms with E-state index in [2.05, 4.69) is 6.07 Å². The van der Waals surface area contributed by atoms with Crippen molar-refractivity contribution in [2.24, 2.45) is 0 Å². The smallest absolute Gasteiger partial charge is 0.246 e. The molecule has 2 rings (SSSR count). The SMILES string of the molecule is COCCCN1C(=O)CN(C)c2ccc(C#N)cc21. The van der Waals surface area contributed by atoms with E-state index in [4.69, 9.17) is 10.00 Å². The van der Waals surface area contributed by atoms with Gasteiger partial charge in [-0.25, -0.2) is 0 Å². The first kappa shape index (κ1) is 13.4. The van der Waals surface area contributed by atoms with Gasteiger partial charge in [0.05, 0.1) is 29.6 Å². The zero-order valence-electron chi connectivity index (χ0n) is 11.2. The van der Waals surface area contributed by atoms with Crippen LogP contribution in [0.15, 0.2) is 18.2 Å². The number of likely N-dealkylation sites (N-methyl/N-ethyl adjacent to an activating group) is 1. The summed E-state index contributed by atoms with van der Waals surface area (Å²) in [5, 5.41) is 8.98. The molecule has 100 valence electrons. The van der Waals surface area contributed by atoms with Crippen molar-refractivity contribution < 1.29 is 9.53 Å². The second kappa shape index (κ2) is 5.72. The van der Waals surface area contributed by atoms with Crippen LogP contribution >= 0.6 is 0 Å². The Bertz CT molecular complexity index is 522. The van der Waals surface area contributed by atoms with Gasteiger partial charge in [-0.05, 0) is 24.6 Å². The minimum absolute atomic E-state index is 0.0567. The molecular formula is C14H17N3O2. The Morgan fingerprint density at radius 1 is 1.42 bits per heavy atom.